The molecule has 0 saturated heterocycles. The van der Waals surface area contributed by atoms with Gasteiger partial charge in [-0.2, -0.15) is 0 Å². The maximum atomic E-state index is 9.76. The van der Waals surface area contributed by atoms with Gasteiger partial charge >= 0.3 is 0 Å². The minimum Gasteiger partial charge on any atom is -0.390 e. The lowest BCUT2D eigenvalue weighted by molar-refractivity contribution is 0.0810. The summed E-state index contributed by atoms with van der Waals surface area (Å²) in [6.45, 7) is 4.45. The molecule has 0 aliphatic heterocycles. The van der Waals surface area contributed by atoms with Crippen molar-refractivity contribution in [2.75, 3.05) is 6.54 Å². The van der Waals surface area contributed by atoms with Crippen LogP contribution in [0, 0.1) is 0 Å². The van der Waals surface area contributed by atoms with Crippen LogP contribution >= 0.6 is 0 Å². The summed E-state index contributed by atoms with van der Waals surface area (Å²) in [5, 5.41) is 9.76. The molecule has 3 N–H and O–H groups in total. The standard InChI is InChI=1S/C14H23NO/c1-14(2,16)11-13-8-5-7-12(10-13)6-3-4-9-15/h5,7-8,10,16H,3-4,6,9,11,15H2,1-2H3. The highest BCUT2D eigenvalue weighted by Gasteiger charge is 2.13. The molecule has 0 aliphatic rings. The highest BCUT2D eigenvalue weighted by molar-refractivity contribution is 5.24. The van der Waals surface area contributed by atoms with Crippen molar-refractivity contribution in [3.8, 4) is 0 Å². The van der Waals surface area contributed by atoms with Gasteiger partial charge in [0.05, 0.1) is 5.60 Å². The summed E-state index contributed by atoms with van der Waals surface area (Å²) in [4.78, 5) is 0. The van der Waals surface area contributed by atoms with Gasteiger partial charge in [0.2, 0.25) is 0 Å². The molecule has 0 aromatic heterocycles. The summed E-state index contributed by atoms with van der Waals surface area (Å²) >= 11 is 0. The Kier molecular flexibility index (Phi) is 4.97. The summed E-state index contributed by atoms with van der Waals surface area (Å²) in [6.07, 6.45) is 4.01. The van der Waals surface area contributed by atoms with E-state index in [1.807, 2.05) is 13.8 Å². The number of unbranched alkanes of at least 4 members (excludes halogenated alkanes) is 1. The van der Waals surface area contributed by atoms with Gasteiger partial charge in [-0.15, -0.1) is 0 Å². The SMILES string of the molecule is CC(C)(O)Cc1cccc(CCCCN)c1. The van der Waals surface area contributed by atoms with Gasteiger partial charge in [-0.05, 0) is 50.8 Å². The van der Waals surface area contributed by atoms with Crippen LogP contribution in [0.15, 0.2) is 24.3 Å². The van der Waals surface area contributed by atoms with Gasteiger partial charge in [0.25, 0.3) is 0 Å². The Balaban J connectivity index is 2.57. The second kappa shape index (κ2) is 6.02. The lowest BCUT2D eigenvalue weighted by atomic mass is 9.96. The second-order valence-electron chi connectivity index (χ2n) is 5.05. The molecule has 0 bridgehead atoms. The minimum absolute atomic E-state index is 0.629. The number of rotatable bonds is 6. The van der Waals surface area contributed by atoms with Crippen molar-refractivity contribution in [2.45, 2.75) is 45.1 Å². The first-order valence-corrected chi connectivity index (χ1v) is 6.01. The van der Waals surface area contributed by atoms with Crippen LogP contribution in [0.5, 0.6) is 0 Å². The summed E-state index contributed by atoms with van der Waals surface area (Å²) < 4.78 is 0. The number of aryl methyl sites for hydroxylation is 1. The third kappa shape index (κ3) is 5.29. The van der Waals surface area contributed by atoms with Gasteiger partial charge in [-0.25, -0.2) is 0 Å². The molecule has 0 heterocycles. The molecule has 1 rings (SSSR count). The Labute approximate surface area is 98.5 Å². The van der Waals surface area contributed by atoms with Crippen LogP contribution in [0.1, 0.15) is 37.8 Å². The number of nitrogens with two attached hydrogens (primary N) is 1. The third-order valence-electron chi connectivity index (χ3n) is 2.55. The molecule has 0 spiro atoms. The highest BCUT2D eigenvalue weighted by atomic mass is 16.3. The van der Waals surface area contributed by atoms with Crippen molar-refractivity contribution in [3.63, 3.8) is 0 Å². The molecule has 0 radical (unpaired) electrons. The van der Waals surface area contributed by atoms with Crippen LogP contribution in [-0.4, -0.2) is 17.3 Å². The average molecular weight is 221 g/mol. The topological polar surface area (TPSA) is 46.2 Å². The normalized spacial score (nSPS) is 11.8. The smallest absolute Gasteiger partial charge is 0.0631 e. The van der Waals surface area contributed by atoms with Crippen molar-refractivity contribution < 1.29 is 5.11 Å². The summed E-state index contributed by atoms with van der Waals surface area (Å²) in [5.74, 6) is 0. The minimum atomic E-state index is -0.629. The van der Waals surface area contributed by atoms with Crippen molar-refractivity contribution in [1.29, 1.82) is 0 Å². The zero-order chi connectivity index (χ0) is 12.0. The lowest BCUT2D eigenvalue weighted by Crippen LogP contribution is -2.21. The highest BCUT2D eigenvalue weighted by Crippen LogP contribution is 2.15. The average Bonchev–Trinajstić information content (AvgIpc) is 2.16. The van der Waals surface area contributed by atoms with Gasteiger partial charge in [0.1, 0.15) is 0 Å². The van der Waals surface area contributed by atoms with Crippen LogP contribution in [0.4, 0.5) is 0 Å². The Morgan fingerprint density at radius 1 is 1.19 bits per heavy atom. The number of hydrogen-bond acceptors (Lipinski definition) is 2. The van der Waals surface area contributed by atoms with E-state index in [2.05, 4.69) is 24.3 Å². The first-order valence-electron chi connectivity index (χ1n) is 6.01. The fourth-order valence-corrected chi connectivity index (χ4v) is 1.87. The van der Waals surface area contributed by atoms with E-state index in [1.165, 1.54) is 11.1 Å². The molecule has 0 aliphatic carbocycles. The van der Waals surface area contributed by atoms with Crippen molar-refractivity contribution in [1.82, 2.24) is 0 Å². The molecular weight excluding hydrogens is 198 g/mol. The second-order valence-corrected chi connectivity index (χ2v) is 5.05. The van der Waals surface area contributed by atoms with Crippen LogP contribution in [0.25, 0.3) is 0 Å². The first-order chi connectivity index (χ1) is 7.51. The molecule has 2 heteroatoms. The maximum Gasteiger partial charge on any atom is 0.0631 e. The molecular formula is C14H23NO. The van der Waals surface area contributed by atoms with Crippen LogP contribution < -0.4 is 5.73 Å². The molecule has 0 amide bonds. The van der Waals surface area contributed by atoms with E-state index in [1.54, 1.807) is 0 Å². The zero-order valence-corrected chi connectivity index (χ0v) is 10.4. The number of hydrogen-bond donors (Lipinski definition) is 2. The van der Waals surface area contributed by atoms with Crippen LogP contribution in [0.2, 0.25) is 0 Å². The van der Waals surface area contributed by atoms with E-state index in [0.717, 1.165) is 25.8 Å². The number of aliphatic hydroxyl groups is 1. The summed E-state index contributed by atoms with van der Waals surface area (Å²) in [6, 6.07) is 8.47. The van der Waals surface area contributed by atoms with E-state index in [0.29, 0.717) is 6.42 Å². The molecule has 16 heavy (non-hydrogen) atoms. The van der Waals surface area contributed by atoms with Crippen molar-refractivity contribution >= 4 is 0 Å². The van der Waals surface area contributed by atoms with Gasteiger partial charge in [0.15, 0.2) is 0 Å². The zero-order valence-electron chi connectivity index (χ0n) is 10.4. The molecule has 90 valence electrons. The monoisotopic (exact) mass is 221 g/mol. The lowest BCUT2D eigenvalue weighted by Gasteiger charge is -2.17. The Morgan fingerprint density at radius 2 is 1.88 bits per heavy atom. The van der Waals surface area contributed by atoms with E-state index < -0.39 is 5.60 Å². The maximum absolute atomic E-state index is 9.76. The predicted molar refractivity (Wildman–Crippen MR) is 68.4 cm³/mol. The molecule has 1 aromatic carbocycles. The summed E-state index contributed by atoms with van der Waals surface area (Å²) in [7, 11) is 0. The fourth-order valence-electron chi connectivity index (χ4n) is 1.87. The molecule has 0 saturated carbocycles. The van der Waals surface area contributed by atoms with Gasteiger partial charge in [-0.3, -0.25) is 0 Å². The van der Waals surface area contributed by atoms with E-state index in [-0.39, 0.29) is 0 Å². The number of benzene rings is 1. The Morgan fingerprint density at radius 3 is 2.50 bits per heavy atom. The molecule has 1 aromatic rings. The third-order valence-corrected chi connectivity index (χ3v) is 2.55. The summed E-state index contributed by atoms with van der Waals surface area (Å²) in [5.41, 5.74) is 7.39. The van der Waals surface area contributed by atoms with Crippen LogP contribution in [0.3, 0.4) is 0 Å². The van der Waals surface area contributed by atoms with Gasteiger partial charge in [-0.1, -0.05) is 24.3 Å². The van der Waals surface area contributed by atoms with Crippen molar-refractivity contribution in [2.24, 2.45) is 5.73 Å². The van der Waals surface area contributed by atoms with Gasteiger partial charge < -0.3 is 10.8 Å². The van der Waals surface area contributed by atoms with Crippen LogP contribution in [-0.2, 0) is 12.8 Å². The first kappa shape index (κ1) is 13.2. The van der Waals surface area contributed by atoms with Gasteiger partial charge in [0, 0.05) is 6.42 Å². The Hall–Kier alpha value is -0.860. The quantitative estimate of drug-likeness (QED) is 0.724. The molecule has 2 nitrogen and oxygen atoms in total. The van der Waals surface area contributed by atoms with E-state index in [9.17, 15) is 5.11 Å². The predicted octanol–water partition coefficient (Wildman–Crippen LogP) is 2.28. The molecule has 0 unspecified atom stereocenters. The Bertz CT molecular complexity index is 315. The molecule has 0 atom stereocenters. The van der Waals surface area contributed by atoms with Crippen molar-refractivity contribution in [3.05, 3.63) is 35.4 Å². The van der Waals surface area contributed by atoms with E-state index >= 15 is 0 Å². The molecule has 0 fully saturated rings. The fraction of sp³-hybridized carbons (Fsp3) is 0.571. The van der Waals surface area contributed by atoms with E-state index in [4.69, 9.17) is 5.73 Å². The largest absolute Gasteiger partial charge is 0.390 e.